The fourth-order valence-corrected chi connectivity index (χ4v) is 2.31. The van der Waals surface area contributed by atoms with Crippen molar-refractivity contribution in [3.05, 3.63) is 0 Å². The van der Waals surface area contributed by atoms with Crippen molar-refractivity contribution in [1.82, 2.24) is 5.32 Å². The molecule has 0 saturated heterocycles. The molecule has 1 aliphatic rings. The number of carbonyl (C=O) groups is 2. The first-order valence-corrected chi connectivity index (χ1v) is 6.96. The van der Waals surface area contributed by atoms with Gasteiger partial charge in [0.15, 0.2) is 0 Å². The number of aliphatic carboxylic acids is 1. The summed E-state index contributed by atoms with van der Waals surface area (Å²) in [5, 5.41) is 12.0. The Bertz CT molecular complexity index is 322. The second kappa shape index (κ2) is 6.89. The summed E-state index contributed by atoms with van der Waals surface area (Å²) in [6.45, 7) is 5.62. The van der Waals surface area contributed by atoms with Crippen LogP contribution >= 0.6 is 0 Å². The van der Waals surface area contributed by atoms with Gasteiger partial charge in [-0.05, 0) is 33.6 Å². The maximum Gasteiger partial charge on any atom is 0.308 e. The smallest absolute Gasteiger partial charge is 0.308 e. The molecular formula is C14H25NO4. The Morgan fingerprint density at radius 2 is 1.84 bits per heavy atom. The van der Waals surface area contributed by atoms with Crippen LogP contribution in [0.3, 0.4) is 0 Å². The van der Waals surface area contributed by atoms with E-state index in [1.54, 1.807) is 0 Å². The molecule has 1 amide bonds. The fourth-order valence-electron chi connectivity index (χ4n) is 2.31. The third kappa shape index (κ3) is 6.05. The topological polar surface area (TPSA) is 75.6 Å². The molecule has 0 aromatic carbocycles. The first kappa shape index (κ1) is 16.0. The van der Waals surface area contributed by atoms with E-state index in [1.807, 2.05) is 20.8 Å². The molecule has 5 heteroatoms. The molecule has 2 N–H and O–H groups in total. The molecule has 0 aliphatic heterocycles. The highest BCUT2D eigenvalue weighted by Gasteiger charge is 2.30. The van der Waals surface area contributed by atoms with E-state index in [0.717, 1.165) is 25.7 Å². The van der Waals surface area contributed by atoms with Crippen LogP contribution in [0.15, 0.2) is 0 Å². The molecule has 19 heavy (non-hydrogen) atoms. The van der Waals surface area contributed by atoms with Gasteiger partial charge >= 0.3 is 5.97 Å². The zero-order chi connectivity index (χ0) is 14.5. The largest absolute Gasteiger partial charge is 0.481 e. The normalized spacial score (nSPS) is 24.6. The van der Waals surface area contributed by atoms with Gasteiger partial charge in [0.2, 0.25) is 5.91 Å². The van der Waals surface area contributed by atoms with Crippen LogP contribution < -0.4 is 5.32 Å². The van der Waals surface area contributed by atoms with Gasteiger partial charge in [0.1, 0.15) is 6.61 Å². The SMILES string of the molecule is CC(C)(C)OCC(=O)NC1CCCCCC1C(=O)O. The molecule has 0 radical (unpaired) electrons. The number of carbonyl (C=O) groups excluding carboxylic acids is 1. The third-order valence-electron chi connectivity index (χ3n) is 3.32. The molecule has 110 valence electrons. The summed E-state index contributed by atoms with van der Waals surface area (Å²) in [4.78, 5) is 23.0. The molecule has 1 saturated carbocycles. The van der Waals surface area contributed by atoms with E-state index in [1.165, 1.54) is 0 Å². The van der Waals surface area contributed by atoms with Gasteiger partial charge < -0.3 is 15.2 Å². The van der Waals surface area contributed by atoms with Gasteiger partial charge in [-0.1, -0.05) is 19.3 Å². The Kier molecular flexibility index (Phi) is 5.79. The highest BCUT2D eigenvalue weighted by atomic mass is 16.5. The Morgan fingerprint density at radius 1 is 1.21 bits per heavy atom. The number of carboxylic acid groups (broad SMARTS) is 1. The van der Waals surface area contributed by atoms with Gasteiger partial charge in [-0.3, -0.25) is 9.59 Å². The predicted octanol–water partition coefficient (Wildman–Crippen LogP) is 1.95. The summed E-state index contributed by atoms with van der Waals surface area (Å²) in [7, 11) is 0. The molecule has 1 aliphatic carbocycles. The Labute approximate surface area is 114 Å². The average Bonchev–Trinajstić information content (AvgIpc) is 2.51. The number of ether oxygens (including phenoxy) is 1. The molecule has 0 bridgehead atoms. The van der Waals surface area contributed by atoms with Crippen LogP contribution in [0, 0.1) is 5.92 Å². The second-order valence-corrected chi connectivity index (χ2v) is 6.16. The van der Waals surface area contributed by atoms with E-state index >= 15 is 0 Å². The molecule has 1 rings (SSSR count). The average molecular weight is 271 g/mol. The number of nitrogens with one attached hydrogen (secondary N) is 1. The molecule has 0 spiro atoms. The minimum atomic E-state index is -0.816. The lowest BCUT2D eigenvalue weighted by Crippen LogP contribution is -2.45. The van der Waals surface area contributed by atoms with E-state index in [9.17, 15) is 14.7 Å². The van der Waals surface area contributed by atoms with Gasteiger partial charge in [0, 0.05) is 6.04 Å². The van der Waals surface area contributed by atoms with Gasteiger partial charge in [-0.25, -0.2) is 0 Å². The summed E-state index contributed by atoms with van der Waals surface area (Å²) >= 11 is 0. The van der Waals surface area contributed by atoms with E-state index < -0.39 is 11.9 Å². The van der Waals surface area contributed by atoms with E-state index in [-0.39, 0.29) is 24.2 Å². The van der Waals surface area contributed by atoms with Crippen molar-refractivity contribution in [2.45, 2.75) is 64.5 Å². The third-order valence-corrected chi connectivity index (χ3v) is 3.32. The number of hydrogen-bond donors (Lipinski definition) is 2. The molecule has 0 aromatic rings. The van der Waals surface area contributed by atoms with Crippen molar-refractivity contribution in [3.63, 3.8) is 0 Å². The van der Waals surface area contributed by atoms with Crippen molar-refractivity contribution in [3.8, 4) is 0 Å². The Hall–Kier alpha value is -1.10. The lowest BCUT2D eigenvalue weighted by atomic mass is 9.95. The van der Waals surface area contributed by atoms with Crippen LogP contribution in [-0.2, 0) is 14.3 Å². The van der Waals surface area contributed by atoms with Gasteiger partial charge in [-0.15, -0.1) is 0 Å². The molecule has 1 fully saturated rings. The molecule has 2 atom stereocenters. The van der Waals surface area contributed by atoms with Gasteiger partial charge in [0.05, 0.1) is 11.5 Å². The fraction of sp³-hybridized carbons (Fsp3) is 0.857. The van der Waals surface area contributed by atoms with Gasteiger partial charge in [-0.2, -0.15) is 0 Å². The quantitative estimate of drug-likeness (QED) is 0.766. The van der Waals surface area contributed by atoms with E-state index in [2.05, 4.69) is 5.32 Å². The van der Waals surface area contributed by atoms with Crippen molar-refractivity contribution < 1.29 is 19.4 Å². The molecule has 0 heterocycles. The summed E-state index contributed by atoms with van der Waals surface area (Å²) in [5.41, 5.74) is -0.368. The highest BCUT2D eigenvalue weighted by molar-refractivity contribution is 5.79. The molecule has 2 unspecified atom stereocenters. The molecular weight excluding hydrogens is 246 g/mol. The number of hydrogen-bond acceptors (Lipinski definition) is 3. The van der Waals surface area contributed by atoms with Crippen LogP contribution in [0.2, 0.25) is 0 Å². The number of rotatable bonds is 4. The maximum atomic E-state index is 11.8. The summed E-state index contributed by atoms with van der Waals surface area (Å²) in [6, 6.07) is -0.268. The van der Waals surface area contributed by atoms with E-state index in [0.29, 0.717) is 6.42 Å². The van der Waals surface area contributed by atoms with Crippen LogP contribution in [0.4, 0.5) is 0 Å². The maximum absolute atomic E-state index is 11.8. The molecule has 0 aromatic heterocycles. The Balaban J connectivity index is 2.51. The summed E-state index contributed by atoms with van der Waals surface area (Å²) in [6.07, 6.45) is 4.30. The monoisotopic (exact) mass is 271 g/mol. The lowest BCUT2D eigenvalue weighted by Gasteiger charge is -2.24. The zero-order valence-corrected chi connectivity index (χ0v) is 12.1. The molecule has 5 nitrogen and oxygen atoms in total. The van der Waals surface area contributed by atoms with Crippen LogP contribution in [0.1, 0.15) is 52.9 Å². The number of amides is 1. The second-order valence-electron chi connectivity index (χ2n) is 6.16. The highest BCUT2D eigenvalue weighted by Crippen LogP contribution is 2.23. The first-order valence-electron chi connectivity index (χ1n) is 6.96. The number of carboxylic acids is 1. The van der Waals surface area contributed by atoms with Crippen LogP contribution in [0.5, 0.6) is 0 Å². The first-order chi connectivity index (χ1) is 8.79. The lowest BCUT2D eigenvalue weighted by molar-refractivity contribution is -0.143. The van der Waals surface area contributed by atoms with Gasteiger partial charge in [0.25, 0.3) is 0 Å². The standard InChI is InChI=1S/C14H25NO4/c1-14(2,3)19-9-12(16)15-11-8-6-4-5-7-10(11)13(17)18/h10-11H,4-9H2,1-3H3,(H,15,16)(H,17,18). The minimum absolute atomic E-state index is 0.0215. The summed E-state index contributed by atoms with van der Waals surface area (Å²) in [5.74, 6) is -1.52. The zero-order valence-electron chi connectivity index (χ0n) is 12.1. The van der Waals surface area contributed by atoms with E-state index in [4.69, 9.17) is 4.74 Å². The van der Waals surface area contributed by atoms with Crippen molar-refractivity contribution >= 4 is 11.9 Å². The van der Waals surface area contributed by atoms with Crippen LogP contribution in [0.25, 0.3) is 0 Å². The van der Waals surface area contributed by atoms with Crippen molar-refractivity contribution in [1.29, 1.82) is 0 Å². The van der Waals surface area contributed by atoms with Crippen molar-refractivity contribution in [2.24, 2.45) is 5.92 Å². The summed E-state index contributed by atoms with van der Waals surface area (Å²) < 4.78 is 5.40. The minimum Gasteiger partial charge on any atom is -0.481 e. The van der Waals surface area contributed by atoms with Crippen molar-refractivity contribution in [2.75, 3.05) is 6.61 Å². The Morgan fingerprint density at radius 3 is 2.42 bits per heavy atom. The predicted molar refractivity (Wildman–Crippen MR) is 71.8 cm³/mol. The van der Waals surface area contributed by atoms with Crippen LogP contribution in [-0.4, -0.2) is 35.2 Å².